The number of carbonyl (C=O) groups is 2. The van der Waals surface area contributed by atoms with Crippen LogP contribution in [0.1, 0.15) is 36.3 Å². The van der Waals surface area contributed by atoms with E-state index in [4.69, 9.17) is 11.1 Å². The van der Waals surface area contributed by atoms with Gasteiger partial charge in [-0.05, 0) is 30.4 Å². The van der Waals surface area contributed by atoms with Crippen LogP contribution in [0, 0.1) is 5.41 Å². The van der Waals surface area contributed by atoms with Gasteiger partial charge < -0.3 is 26.4 Å². The summed E-state index contributed by atoms with van der Waals surface area (Å²) in [5, 5.41) is 21.9. The quantitative estimate of drug-likeness (QED) is 0.282. The number of carbonyl (C=O) groups excluding carboxylic acids is 1. The lowest BCUT2D eigenvalue weighted by atomic mass is 9.91. The molecule has 0 spiro atoms. The van der Waals surface area contributed by atoms with E-state index >= 15 is 0 Å². The smallest absolute Gasteiger partial charge is 0.317 e. The Bertz CT molecular complexity index is 649. The average Bonchev–Trinajstić information content (AvgIpc) is 2.77. The average molecular weight is 361 g/mol. The number of carboxylic acids is 1. The van der Waals surface area contributed by atoms with Crippen molar-refractivity contribution in [1.82, 2.24) is 15.5 Å². The minimum absolute atomic E-state index is 0.0114. The molecule has 0 saturated heterocycles. The summed E-state index contributed by atoms with van der Waals surface area (Å²) in [4.78, 5) is 25.4. The summed E-state index contributed by atoms with van der Waals surface area (Å²) in [5.74, 6) is -1.11. The van der Waals surface area contributed by atoms with Crippen molar-refractivity contribution in [1.29, 1.82) is 5.41 Å². The molecule has 8 nitrogen and oxygen atoms in total. The van der Waals surface area contributed by atoms with Crippen LogP contribution in [-0.4, -0.2) is 54.1 Å². The number of aliphatic carboxylic acids is 1. The highest BCUT2D eigenvalue weighted by Gasteiger charge is 2.27. The first kappa shape index (κ1) is 19.6. The molecular weight excluding hydrogens is 334 g/mol. The standard InChI is InChI=1S/C18H27N5O3/c19-17(20)21-8-3-4-9-22-18(26)23-10-7-13-5-1-2-6-15(13)14(12-23)11-16(24)25/h1-2,5-6,14H,3-4,7-12H2,(H,22,26)(H,24,25)(H4,19,20,21). The predicted octanol–water partition coefficient (Wildman–Crippen LogP) is 1.08. The van der Waals surface area contributed by atoms with E-state index in [2.05, 4.69) is 10.6 Å². The highest BCUT2D eigenvalue weighted by Crippen LogP contribution is 2.28. The number of nitrogens with zero attached hydrogens (tertiary/aromatic N) is 1. The molecule has 1 aromatic carbocycles. The van der Waals surface area contributed by atoms with Crippen molar-refractivity contribution in [3.63, 3.8) is 0 Å². The van der Waals surface area contributed by atoms with Crippen molar-refractivity contribution in [2.45, 2.75) is 31.6 Å². The molecule has 1 aliphatic heterocycles. The number of hydrogen-bond donors (Lipinski definition) is 5. The molecule has 0 bridgehead atoms. The Morgan fingerprint density at radius 3 is 2.62 bits per heavy atom. The van der Waals surface area contributed by atoms with Crippen LogP contribution in [0.25, 0.3) is 0 Å². The maximum Gasteiger partial charge on any atom is 0.317 e. The summed E-state index contributed by atoms with van der Waals surface area (Å²) < 4.78 is 0. The van der Waals surface area contributed by atoms with Gasteiger partial charge in [0.15, 0.2) is 5.96 Å². The van der Waals surface area contributed by atoms with Crippen LogP contribution in [-0.2, 0) is 11.2 Å². The van der Waals surface area contributed by atoms with Crippen molar-refractivity contribution in [2.24, 2.45) is 5.73 Å². The first-order valence-electron chi connectivity index (χ1n) is 8.87. The Labute approximate surface area is 153 Å². The Hall–Kier alpha value is -2.77. The van der Waals surface area contributed by atoms with E-state index in [1.807, 2.05) is 24.3 Å². The summed E-state index contributed by atoms with van der Waals surface area (Å²) in [6.45, 7) is 2.11. The number of guanidine groups is 1. The van der Waals surface area contributed by atoms with Crippen LogP contribution >= 0.6 is 0 Å². The molecule has 0 saturated carbocycles. The second-order valence-electron chi connectivity index (χ2n) is 6.47. The van der Waals surface area contributed by atoms with Gasteiger partial charge in [-0.3, -0.25) is 10.2 Å². The number of hydrogen-bond acceptors (Lipinski definition) is 3. The number of rotatable bonds is 7. The lowest BCUT2D eigenvalue weighted by molar-refractivity contribution is -0.137. The highest BCUT2D eigenvalue weighted by molar-refractivity contribution is 5.75. The number of benzene rings is 1. The molecule has 0 aliphatic carbocycles. The van der Waals surface area contributed by atoms with Crippen LogP contribution in [0.2, 0.25) is 0 Å². The summed E-state index contributed by atoms with van der Waals surface area (Å²) in [5.41, 5.74) is 7.35. The maximum absolute atomic E-state index is 12.5. The number of unbranched alkanes of at least 4 members (excludes halogenated alkanes) is 1. The first-order chi connectivity index (χ1) is 12.5. The van der Waals surface area contributed by atoms with Crippen molar-refractivity contribution in [3.05, 3.63) is 35.4 Å². The zero-order valence-corrected chi connectivity index (χ0v) is 14.8. The van der Waals surface area contributed by atoms with Gasteiger partial charge in [-0.15, -0.1) is 0 Å². The summed E-state index contributed by atoms with van der Waals surface area (Å²) in [7, 11) is 0. The minimum atomic E-state index is -0.856. The molecule has 1 unspecified atom stereocenters. The largest absolute Gasteiger partial charge is 0.481 e. The third-order valence-corrected chi connectivity index (χ3v) is 4.49. The van der Waals surface area contributed by atoms with Gasteiger partial charge >= 0.3 is 12.0 Å². The van der Waals surface area contributed by atoms with Crippen LogP contribution in [0.4, 0.5) is 4.79 Å². The molecule has 2 rings (SSSR count). The first-order valence-corrected chi connectivity index (χ1v) is 8.87. The van der Waals surface area contributed by atoms with Gasteiger partial charge in [-0.2, -0.15) is 0 Å². The number of urea groups is 1. The fraction of sp³-hybridized carbons (Fsp3) is 0.500. The summed E-state index contributed by atoms with van der Waals surface area (Å²) in [6.07, 6.45) is 2.31. The van der Waals surface area contributed by atoms with Gasteiger partial charge in [0.25, 0.3) is 0 Å². The number of carboxylic acid groups (broad SMARTS) is 1. The molecule has 1 aromatic rings. The molecule has 26 heavy (non-hydrogen) atoms. The number of nitrogens with two attached hydrogens (primary N) is 1. The molecule has 142 valence electrons. The molecule has 2 amide bonds. The van der Waals surface area contributed by atoms with E-state index < -0.39 is 5.97 Å². The Morgan fingerprint density at radius 2 is 1.92 bits per heavy atom. The lowest BCUT2D eigenvalue weighted by Crippen LogP contribution is -2.42. The second kappa shape index (κ2) is 9.65. The van der Waals surface area contributed by atoms with Gasteiger partial charge in [-0.25, -0.2) is 4.79 Å². The van der Waals surface area contributed by atoms with E-state index in [1.54, 1.807) is 4.90 Å². The van der Waals surface area contributed by atoms with Crippen molar-refractivity contribution in [2.75, 3.05) is 26.2 Å². The van der Waals surface area contributed by atoms with E-state index in [1.165, 1.54) is 0 Å². The Kier molecular flexibility index (Phi) is 7.25. The zero-order valence-electron chi connectivity index (χ0n) is 14.8. The predicted molar refractivity (Wildman–Crippen MR) is 99.3 cm³/mol. The minimum Gasteiger partial charge on any atom is -0.481 e. The van der Waals surface area contributed by atoms with Gasteiger partial charge in [-0.1, -0.05) is 24.3 Å². The van der Waals surface area contributed by atoms with Crippen LogP contribution in [0.3, 0.4) is 0 Å². The zero-order chi connectivity index (χ0) is 18.9. The third-order valence-electron chi connectivity index (χ3n) is 4.49. The fourth-order valence-corrected chi connectivity index (χ4v) is 3.22. The molecule has 0 aromatic heterocycles. The van der Waals surface area contributed by atoms with Gasteiger partial charge in [0, 0.05) is 32.1 Å². The fourth-order valence-electron chi connectivity index (χ4n) is 3.22. The number of amides is 2. The normalized spacial score (nSPS) is 16.3. The van der Waals surface area contributed by atoms with Crippen LogP contribution in [0.5, 0.6) is 0 Å². The van der Waals surface area contributed by atoms with Gasteiger partial charge in [0.2, 0.25) is 0 Å². The molecule has 1 atom stereocenters. The van der Waals surface area contributed by atoms with Gasteiger partial charge in [0.05, 0.1) is 6.42 Å². The Morgan fingerprint density at radius 1 is 1.23 bits per heavy atom. The molecule has 1 heterocycles. The third kappa shape index (κ3) is 5.94. The summed E-state index contributed by atoms with van der Waals surface area (Å²) >= 11 is 0. The van der Waals surface area contributed by atoms with E-state index in [0.29, 0.717) is 26.2 Å². The number of fused-ring (bicyclic) bond motifs is 1. The highest BCUT2D eigenvalue weighted by atomic mass is 16.4. The maximum atomic E-state index is 12.5. The number of nitrogens with one attached hydrogen (secondary N) is 3. The molecule has 6 N–H and O–H groups in total. The van der Waals surface area contributed by atoms with Crippen molar-refractivity contribution in [3.8, 4) is 0 Å². The van der Waals surface area contributed by atoms with Crippen molar-refractivity contribution >= 4 is 18.0 Å². The molecule has 0 radical (unpaired) electrons. The van der Waals surface area contributed by atoms with E-state index in [0.717, 1.165) is 30.4 Å². The lowest BCUT2D eigenvalue weighted by Gasteiger charge is -2.24. The van der Waals surface area contributed by atoms with Crippen LogP contribution in [0.15, 0.2) is 24.3 Å². The Balaban J connectivity index is 1.88. The van der Waals surface area contributed by atoms with E-state index in [-0.39, 0.29) is 24.3 Å². The van der Waals surface area contributed by atoms with Crippen molar-refractivity contribution < 1.29 is 14.7 Å². The summed E-state index contributed by atoms with van der Waals surface area (Å²) in [6, 6.07) is 7.67. The second-order valence-corrected chi connectivity index (χ2v) is 6.47. The molecule has 0 fully saturated rings. The molecule has 8 heteroatoms. The van der Waals surface area contributed by atoms with E-state index in [9.17, 15) is 14.7 Å². The monoisotopic (exact) mass is 361 g/mol. The van der Waals surface area contributed by atoms with Gasteiger partial charge in [0.1, 0.15) is 0 Å². The molecule has 1 aliphatic rings. The van der Waals surface area contributed by atoms with Crippen LogP contribution < -0.4 is 16.4 Å². The molecular formula is C18H27N5O3. The SMILES string of the molecule is N=C(N)NCCCCNC(=O)N1CCc2ccccc2C(CC(=O)O)C1. The topological polar surface area (TPSA) is 132 Å².